The van der Waals surface area contributed by atoms with Crippen LogP contribution < -0.4 is 15.4 Å². The summed E-state index contributed by atoms with van der Waals surface area (Å²) < 4.78 is 5.32. The van der Waals surface area contributed by atoms with E-state index in [1.807, 2.05) is 78.9 Å². The average molecular weight is 409 g/mol. The van der Waals surface area contributed by atoms with E-state index in [4.69, 9.17) is 17.0 Å². The van der Waals surface area contributed by atoms with Gasteiger partial charge in [-0.3, -0.25) is 4.79 Å². The number of methoxy groups -OCH3 is 1. The fourth-order valence-electron chi connectivity index (χ4n) is 2.55. The van der Waals surface area contributed by atoms with E-state index in [9.17, 15) is 4.79 Å². The third-order valence-corrected chi connectivity index (χ3v) is 5.11. The zero-order chi connectivity index (χ0) is 19.8. The molecule has 3 rings (SSSR count). The largest absolute Gasteiger partial charge is 0.495 e. The van der Waals surface area contributed by atoms with E-state index in [2.05, 4.69) is 10.6 Å². The van der Waals surface area contributed by atoms with Gasteiger partial charge in [-0.1, -0.05) is 48.5 Å². The van der Waals surface area contributed by atoms with Crippen molar-refractivity contribution in [3.05, 3.63) is 84.4 Å². The second-order valence-electron chi connectivity index (χ2n) is 5.89. The van der Waals surface area contributed by atoms with Gasteiger partial charge >= 0.3 is 0 Å². The zero-order valence-electron chi connectivity index (χ0n) is 15.3. The molecule has 0 unspecified atom stereocenters. The number of benzene rings is 3. The average Bonchev–Trinajstić information content (AvgIpc) is 2.73. The van der Waals surface area contributed by atoms with Gasteiger partial charge in [0.25, 0.3) is 0 Å². The highest BCUT2D eigenvalue weighted by atomic mass is 32.2. The van der Waals surface area contributed by atoms with Crippen molar-refractivity contribution in [3.63, 3.8) is 0 Å². The van der Waals surface area contributed by atoms with E-state index in [-0.39, 0.29) is 5.78 Å². The highest BCUT2D eigenvalue weighted by Gasteiger charge is 2.07. The van der Waals surface area contributed by atoms with Crippen molar-refractivity contribution in [1.29, 1.82) is 0 Å². The Morgan fingerprint density at radius 1 is 0.964 bits per heavy atom. The molecular weight excluding hydrogens is 388 g/mol. The minimum absolute atomic E-state index is 0.109. The summed E-state index contributed by atoms with van der Waals surface area (Å²) in [6, 6.07) is 24.7. The lowest BCUT2D eigenvalue weighted by Gasteiger charge is -2.13. The molecule has 142 valence electrons. The maximum atomic E-state index is 12.3. The number of carbonyl (C=O) groups is 1. The summed E-state index contributed by atoms with van der Waals surface area (Å²) in [5.41, 5.74) is 2.37. The predicted octanol–water partition coefficient (Wildman–Crippen LogP) is 5.48. The number of hydrogen-bond acceptors (Lipinski definition) is 4. The van der Waals surface area contributed by atoms with Crippen LogP contribution in [0.25, 0.3) is 0 Å². The summed E-state index contributed by atoms with van der Waals surface area (Å²) in [5.74, 6) is 1.21. The van der Waals surface area contributed by atoms with Gasteiger partial charge in [0, 0.05) is 16.1 Å². The molecule has 0 atom stereocenters. The Labute approximate surface area is 174 Å². The molecule has 3 aromatic rings. The van der Waals surface area contributed by atoms with Crippen LogP contribution in [-0.4, -0.2) is 23.8 Å². The SMILES string of the molecule is COc1ccccc1NC(=S)Nc1cccc(SCC(=O)c2ccccc2)c1. The monoisotopic (exact) mass is 408 g/mol. The first-order chi connectivity index (χ1) is 13.7. The van der Waals surface area contributed by atoms with Gasteiger partial charge in [-0.25, -0.2) is 0 Å². The molecule has 28 heavy (non-hydrogen) atoms. The Kier molecular flexibility index (Phi) is 7.06. The number of thioether (sulfide) groups is 1. The summed E-state index contributed by atoms with van der Waals surface area (Å²) in [6.07, 6.45) is 0. The summed E-state index contributed by atoms with van der Waals surface area (Å²) in [4.78, 5) is 13.3. The molecule has 0 heterocycles. The van der Waals surface area contributed by atoms with E-state index in [1.54, 1.807) is 7.11 Å². The molecule has 0 fully saturated rings. The second-order valence-corrected chi connectivity index (χ2v) is 7.34. The molecule has 2 N–H and O–H groups in total. The van der Waals surface area contributed by atoms with Crippen molar-refractivity contribution in [3.8, 4) is 5.75 Å². The van der Waals surface area contributed by atoms with E-state index in [1.165, 1.54) is 11.8 Å². The lowest BCUT2D eigenvalue weighted by molar-refractivity contribution is 0.102. The van der Waals surface area contributed by atoms with Gasteiger partial charge in [-0.15, -0.1) is 11.8 Å². The quantitative estimate of drug-likeness (QED) is 0.307. The number of thiocarbonyl (C=S) groups is 1. The lowest BCUT2D eigenvalue weighted by Crippen LogP contribution is -2.19. The maximum Gasteiger partial charge on any atom is 0.175 e. The maximum absolute atomic E-state index is 12.3. The van der Waals surface area contributed by atoms with Crippen molar-refractivity contribution in [2.24, 2.45) is 0 Å². The number of hydrogen-bond donors (Lipinski definition) is 2. The number of nitrogens with one attached hydrogen (secondary N) is 2. The number of para-hydroxylation sites is 2. The summed E-state index contributed by atoms with van der Waals surface area (Å²) >= 11 is 6.90. The van der Waals surface area contributed by atoms with Crippen molar-refractivity contribution < 1.29 is 9.53 Å². The fraction of sp³-hybridized carbons (Fsp3) is 0.0909. The zero-order valence-corrected chi connectivity index (χ0v) is 17.0. The first-order valence-electron chi connectivity index (χ1n) is 8.68. The fourth-order valence-corrected chi connectivity index (χ4v) is 3.63. The number of anilines is 2. The van der Waals surface area contributed by atoms with Crippen molar-refractivity contribution >= 4 is 46.3 Å². The van der Waals surface area contributed by atoms with Crippen LogP contribution in [0.3, 0.4) is 0 Å². The highest BCUT2D eigenvalue weighted by molar-refractivity contribution is 8.00. The molecule has 0 aliphatic rings. The lowest BCUT2D eigenvalue weighted by atomic mass is 10.2. The van der Waals surface area contributed by atoms with Crippen molar-refractivity contribution in [1.82, 2.24) is 0 Å². The first-order valence-corrected chi connectivity index (χ1v) is 10.1. The third-order valence-electron chi connectivity index (χ3n) is 3.91. The molecule has 0 spiro atoms. The molecule has 0 aliphatic heterocycles. The smallest absolute Gasteiger partial charge is 0.175 e. The molecule has 0 saturated carbocycles. The molecule has 6 heteroatoms. The van der Waals surface area contributed by atoms with Gasteiger partial charge in [0.05, 0.1) is 18.6 Å². The van der Waals surface area contributed by atoms with Crippen LogP contribution in [0.15, 0.2) is 83.8 Å². The van der Waals surface area contributed by atoms with Crippen LogP contribution in [0, 0.1) is 0 Å². The number of ether oxygens (including phenoxy) is 1. The van der Waals surface area contributed by atoms with Gasteiger partial charge in [0.1, 0.15) is 5.75 Å². The van der Waals surface area contributed by atoms with E-state index in [0.717, 1.165) is 27.6 Å². The molecule has 0 radical (unpaired) electrons. The standard InChI is InChI=1S/C22H20N2O2S2/c1-26-21-13-6-5-12-19(21)24-22(27)23-17-10-7-11-18(14-17)28-15-20(25)16-8-3-2-4-9-16/h2-14H,15H2,1H3,(H2,23,24,27). The Morgan fingerprint density at radius 3 is 2.50 bits per heavy atom. The molecule has 0 aromatic heterocycles. The molecule has 3 aromatic carbocycles. The van der Waals surface area contributed by atoms with E-state index in [0.29, 0.717) is 10.9 Å². The van der Waals surface area contributed by atoms with E-state index < -0.39 is 0 Å². The molecule has 0 saturated heterocycles. The van der Waals surface area contributed by atoms with Crippen LogP contribution in [0.5, 0.6) is 5.75 Å². The van der Waals surface area contributed by atoms with Gasteiger partial charge in [0.2, 0.25) is 0 Å². The van der Waals surface area contributed by atoms with Gasteiger partial charge in [-0.2, -0.15) is 0 Å². The Balaban J connectivity index is 1.58. The predicted molar refractivity (Wildman–Crippen MR) is 121 cm³/mol. The minimum Gasteiger partial charge on any atom is -0.495 e. The third kappa shape index (κ3) is 5.58. The van der Waals surface area contributed by atoms with Crippen LogP contribution in [0.4, 0.5) is 11.4 Å². The number of rotatable bonds is 7. The summed E-state index contributed by atoms with van der Waals surface area (Å²) in [7, 11) is 1.62. The first kappa shape index (κ1) is 19.9. The number of ketones is 1. The van der Waals surface area contributed by atoms with Crippen LogP contribution in [0.1, 0.15) is 10.4 Å². The van der Waals surface area contributed by atoms with Crippen molar-refractivity contribution in [2.45, 2.75) is 4.90 Å². The summed E-state index contributed by atoms with van der Waals surface area (Å²) in [6.45, 7) is 0. The minimum atomic E-state index is 0.109. The van der Waals surface area contributed by atoms with Crippen LogP contribution in [-0.2, 0) is 0 Å². The van der Waals surface area contributed by atoms with Gasteiger partial charge in [0.15, 0.2) is 10.9 Å². The highest BCUT2D eigenvalue weighted by Crippen LogP contribution is 2.25. The van der Waals surface area contributed by atoms with Gasteiger partial charge in [-0.05, 0) is 42.5 Å². The summed E-state index contributed by atoms with van der Waals surface area (Å²) in [5, 5.41) is 6.77. The topological polar surface area (TPSA) is 50.4 Å². The normalized spacial score (nSPS) is 10.2. The second kappa shape index (κ2) is 9.92. The van der Waals surface area contributed by atoms with E-state index >= 15 is 0 Å². The van der Waals surface area contributed by atoms with Crippen molar-refractivity contribution in [2.75, 3.05) is 23.5 Å². The van der Waals surface area contributed by atoms with Crippen LogP contribution >= 0.6 is 24.0 Å². The van der Waals surface area contributed by atoms with Gasteiger partial charge < -0.3 is 15.4 Å². The van der Waals surface area contributed by atoms with Crippen LogP contribution in [0.2, 0.25) is 0 Å². The molecular formula is C22H20N2O2S2. The molecule has 0 amide bonds. The molecule has 4 nitrogen and oxygen atoms in total. The Bertz CT molecular complexity index is 962. The molecule has 0 aliphatic carbocycles. The molecule has 0 bridgehead atoms. The number of carbonyl (C=O) groups excluding carboxylic acids is 1. The Hall–Kier alpha value is -2.83. The number of Topliss-reactive ketones (excluding diaryl/α,β-unsaturated/α-hetero) is 1. The Morgan fingerprint density at radius 2 is 1.71 bits per heavy atom.